The van der Waals surface area contributed by atoms with Gasteiger partial charge in [0.2, 0.25) is 5.89 Å². The van der Waals surface area contributed by atoms with E-state index in [1.807, 2.05) is 30.3 Å². The molecule has 2 aromatic rings. The van der Waals surface area contributed by atoms with Crippen LogP contribution in [0.2, 0.25) is 0 Å². The summed E-state index contributed by atoms with van der Waals surface area (Å²) in [5.74, 6) is 1.92. The number of carbonyl (C=O) groups is 1. The fraction of sp³-hybridized carbons (Fsp3) is 0.412. The van der Waals surface area contributed by atoms with Gasteiger partial charge in [0.05, 0.1) is 5.69 Å². The molecule has 1 aromatic heterocycles. The van der Waals surface area contributed by atoms with Gasteiger partial charge in [0, 0.05) is 24.3 Å². The molecule has 1 aliphatic carbocycles. The normalized spacial score (nSPS) is 17.5. The van der Waals surface area contributed by atoms with Gasteiger partial charge in [-0.2, -0.15) is 0 Å². The van der Waals surface area contributed by atoms with Gasteiger partial charge in [0.25, 0.3) is 0 Å². The van der Waals surface area contributed by atoms with Crippen molar-refractivity contribution in [3.05, 3.63) is 41.8 Å². The first-order valence-corrected chi connectivity index (χ1v) is 7.54. The zero-order valence-electron chi connectivity index (χ0n) is 12.0. The van der Waals surface area contributed by atoms with Gasteiger partial charge in [-0.15, -0.1) is 0 Å². The van der Waals surface area contributed by atoms with Crippen LogP contribution in [0.5, 0.6) is 0 Å². The smallest absolute Gasteiger partial charge is 0.226 e. The first kappa shape index (κ1) is 14.0. The van der Waals surface area contributed by atoms with Gasteiger partial charge in [-0.05, 0) is 37.9 Å². The lowest BCUT2D eigenvalue weighted by molar-refractivity contribution is -0.123. The minimum atomic E-state index is 0.0700. The van der Waals surface area contributed by atoms with Crippen molar-refractivity contribution >= 4 is 5.78 Å². The highest BCUT2D eigenvalue weighted by molar-refractivity contribution is 5.81. The van der Waals surface area contributed by atoms with Crippen molar-refractivity contribution in [1.82, 2.24) is 4.98 Å². The van der Waals surface area contributed by atoms with Crippen LogP contribution >= 0.6 is 0 Å². The summed E-state index contributed by atoms with van der Waals surface area (Å²) in [6, 6.07) is 9.89. The minimum Gasteiger partial charge on any atom is -0.441 e. The molecule has 0 amide bonds. The molecule has 4 nitrogen and oxygen atoms in total. The standard InChI is InChI=1S/C17H20N2O2/c18-10-4-7-15(20)13-8-9-14-16(11-13)21-17(19-14)12-5-2-1-3-6-12/h1-3,5-6,13H,4,7-11,18H2. The zero-order valence-corrected chi connectivity index (χ0v) is 12.0. The van der Waals surface area contributed by atoms with Crippen molar-refractivity contribution in [2.45, 2.75) is 32.1 Å². The van der Waals surface area contributed by atoms with Gasteiger partial charge in [0.1, 0.15) is 11.5 Å². The number of aromatic nitrogens is 1. The lowest BCUT2D eigenvalue weighted by atomic mass is 9.86. The fourth-order valence-corrected chi connectivity index (χ4v) is 2.83. The van der Waals surface area contributed by atoms with E-state index in [9.17, 15) is 4.79 Å². The van der Waals surface area contributed by atoms with Crippen LogP contribution in [0.4, 0.5) is 0 Å². The van der Waals surface area contributed by atoms with E-state index < -0.39 is 0 Å². The Hall–Kier alpha value is -1.94. The Morgan fingerprint density at radius 3 is 2.90 bits per heavy atom. The summed E-state index contributed by atoms with van der Waals surface area (Å²) in [5, 5.41) is 0. The number of benzene rings is 1. The fourth-order valence-electron chi connectivity index (χ4n) is 2.83. The number of nitrogens with two attached hydrogens (primary N) is 1. The third-order valence-corrected chi connectivity index (χ3v) is 4.04. The van der Waals surface area contributed by atoms with Gasteiger partial charge in [-0.1, -0.05) is 18.2 Å². The van der Waals surface area contributed by atoms with E-state index in [0.29, 0.717) is 31.1 Å². The quantitative estimate of drug-likeness (QED) is 0.916. The Morgan fingerprint density at radius 2 is 2.14 bits per heavy atom. The topological polar surface area (TPSA) is 69.1 Å². The maximum absolute atomic E-state index is 12.1. The molecular weight excluding hydrogens is 264 g/mol. The number of fused-ring (bicyclic) bond motifs is 1. The van der Waals surface area contributed by atoms with Crippen molar-refractivity contribution in [3.63, 3.8) is 0 Å². The molecule has 2 N–H and O–H groups in total. The number of nitrogens with zero attached hydrogens (tertiary/aromatic N) is 1. The second-order valence-electron chi connectivity index (χ2n) is 5.55. The molecule has 0 saturated heterocycles. The lowest BCUT2D eigenvalue weighted by Crippen LogP contribution is -2.22. The lowest BCUT2D eigenvalue weighted by Gasteiger charge is -2.18. The van der Waals surface area contributed by atoms with E-state index in [0.717, 1.165) is 36.3 Å². The molecule has 4 heteroatoms. The van der Waals surface area contributed by atoms with Crippen LogP contribution in [0.15, 0.2) is 34.7 Å². The van der Waals surface area contributed by atoms with Crippen LogP contribution in [-0.2, 0) is 17.6 Å². The third kappa shape index (κ3) is 3.05. The summed E-state index contributed by atoms with van der Waals surface area (Å²) in [7, 11) is 0. The predicted molar refractivity (Wildman–Crippen MR) is 80.7 cm³/mol. The molecule has 0 saturated carbocycles. The number of ketones is 1. The van der Waals surface area contributed by atoms with Crippen molar-refractivity contribution < 1.29 is 9.21 Å². The third-order valence-electron chi connectivity index (χ3n) is 4.04. The first-order valence-electron chi connectivity index (χ1n) is 7.54. The second-order valence-corrected chi connectivity index (χ2v) is 5.55. The van der Waals surface area contributed by atoms with Crippen molar-refractivity contribution in [2.75, 3.05) is 6.54 Å². The molecule has 1 aromatic carbocycles. The van der Waals surface area contributed by atoms with Gasteiger partial charge in [-0.25, -0.2) is 4.98 Å². The number of oxazole rings is 1. The van der Waals surface area contributed by atoms with Crippen LogP contribution in [0.25, 0.3) is 11.5 Å². The molecule has 1 atom stereocenters. The Labute approximate surface area is 124 Å². The summed E-state index contributed by atoms with van der Waals surface area (Å²) < 4.78 is 5.89. The number of hydrogen-bond donors (Lipinski definition) is 1. The highest BCUT2D eigenvalue weighted by atomic mass is 16.4. The Morgan fingerprint density at radius 1 is 1.33 bits per heavy atom. The molecule has 110 valence electrons. The van der Waals surface area contributed by atoms with Gasteiger partial charge < -0.3 is 10.2 Å². The summed E-state index contributed by atoms with van der Waals surface area (Å²) in [4.78, 5) is 16.7. The Bertz CT molecular complexity index is 619. The molecule has 21 heavy (non-hydrogen) atoms. The van der Waals surface area contributed by atoms with Crippen molar-refractivity contribution in [3.8, 4) is 11.5 Å². The van der Waals surface area contributed by atoms with Crippen LogP contribution in [0, 0.1) is 5.92 Å². The SMILES string of the molecule is NCCCC(=O)C1CCc2nc(-c3ccccc3)oc2C1. The van der Waals surface area contributed by atoms with E-state index in [1.54, 1.807) is 0 Å². The highest BCUT2D eigenvalue weighted by Gasteiger charge is 2.28. The maximum Gasteiger partial charge on any atom is 0.226 e. The molecule has 0 bridgehead atoms. The average Bonchev–Trinajstić information content (AvgIpc) is 2.96. The average molecular weight is 284 g/mol. The van der Waals surface area contributed by atoms with Crippen molar-refractivity contribution in [2.24, 2.45) is 11.7 Å². The van der Waals surface area contributed by atoms with Crippen LogP contribution in [0.1, 0.15) is 30.7 Å². The van der Waals surface area contributed by atoms with Gasteiger partial charge in [-0.3, -0.25) is 4.79 Å². The Kier molecular flexibility index (Phi) is 4.15. The number of rotatable bonds is 5. The molecule has 0 aliphatic heterocycles. The van der Waals surface area contributed by atoms with Crippen LogP contribution in [-0.4, -0.2) is 17.3 Å². The summed E-state index contributed by atoms with van der Waals surface area (Å²) in [6.45, 7) is 0.574. The van der Waals surface area contributed by atoms with E-state index in [2.05, 4.69) is 4.98 Å². The Balaban J connectivity index is 1.75. The van der Waals surface area contributed by atoms with E-state index in [-0.39, 0.29) is 5.92 Å². The number of carbonyl (C=O) groups excluding carboxylic acids is 1. The molecule has 1 unspecified atom stereocenters. The van der Waals surface area contributed by atoms with Crippen molar-refractivity contribution in [1.29, 1.82) is 0 Å². The largest absolute Gasteiger partial charge is 0.441 e. The predicted octanol–water partition coefficient (Wildman–Crippen LogP) is 2.75. The first-order chi connectivity index (χ1) is 10.3. The number of aryl methyl sites for hydroxylation is 1. The zero-order chi connectivity index (χ0) is 14.7. The molecule has 1 heterocycles. The van der Waals surface area contributed by atoms with E-state index in [1.165, 1.54) is 0 Å². The van der Waals surface area contributed by atoms with Gasteiger partial charge >= 0.3 is 0 Å². The molecular formula is C17H20N2O2. The number of Topliss-reactive ketones (excluding diaryl/α,β-unsaturated/α-hetero) is 1. The molecule has 1 aliphatic rings. The van der Waals surface area contributed by atoms with E-state index in [4.69, 9.17) is 10.2 Å². The second kappa shape index (κ2) is 6.22. The summed E-state index contributed by atoms with van der Waals surface area (Å²) in [6.07, 6.45) is 3.73. The maximum atomic E-state index is 12.1. The van der Waals surface area contributed by atoms with Crippen LogP contribution in [0.3, 0.4) is 0 Å². The van der Waals surface area contributed by atoms with Gasteiger partial charge in [0.15, 0.2) is 0 Å². The molecule has 0 spiro atoms. The monoisotopic (exact) mass is 284 g/mol. The molecule has 3 rings (SSSR count). The number of hydrogen-bond acceptors (Lipinski definition) is 4. The molecule has 0 radical (unpaired) electrons. The van der Waals surface area contributed by atoms with E-state index >= 15 is 0 Å². The van der Waals surface area contributed by atoms with Crippen LogP contribution < -0.4 is 5.73 Å². The minimum absolute atomic E-state index is 0.0700. The molecule has 0 fully saturated rings. The summed E-state index contributed by atoms with van der Waals surface area (Å²) in [5.41, 5.74) is 7.46. The summed E-state index contributed by atoms with van der Waals surface area (Å²) >= 11 is 0. The highest BCUT2D eigenvalue weighted by Crippen LogP contribution is 2.30.